The fourth-order valence-corrected chi connectivity index (χ4v) is 4.37. The van der Waals surface area contributed by atoms with Crippen LogP contribution in [0.4, 0.5) is 10.2 Å². The second-order valence-electron chi connectivity index (χ2n) is 8.85. The molecule has 8 heteroatoms. The Morgan fingerprint density at radius 3 is 2.63 bits per heavy atom. The van der Waals surface area contributed by atoms with Crippen molar-refractivity contribution in [3.63, 3.8) is 0 Å². The molecule has 0 amide bonds. The number of benzene rings is 2. The lowest BCUT2D eigenvalue weighted by atomic mass is 9.97. The first-order valence-corrected chi connectivity index (χ1v) is 12.0. The highest BCUT2D eigenvalue weighted by atomic mass is 19.1. The molecule has 186 valence electrons. The number of nitrogens with zero attached hydrogens (tertiary/aromatic N) is 4. The number of ether oxygens (including phenoxy) is 3. The smallest absolute Gasteiger partial charge is 0.159 e. The summed E-state index contributed by atoms with van der Waals surface area (Å²) in [5.41, 5.74) is 2.11. The number of piperidine rings is 1. The van der Waals surface area contributed by atoms with Gasteiger partial charge in [-0.2, -0.15) is 4.68 Å². The van der Waals surface area contributed by atoms with Crippen LogP contribution in [0.1, 0.15) is 49.8 Å². The predicted octanol–water partition coefficient (Wildman–Crippen LogP) is 5.64. The summed E-state index contributed by atoms with van der Waals surface area (Å²) >= 11 is 0. The van der Waals surface area contributed by atoms with Crippen molar-refractivity contribution in [2.24, 2.45) is 0 Å². The first kappa shape index (κ1) is 24.6. The molecule has 3 aromatic rings. The summed E-state index contributed by atoms with van der Waals surface area (Å²) < 4.78 is 33.1. The first-order valence-electron chi connectivity index (χ1n) is 12.0. The number of allylic oxidation sites excluding steroid dienone is 1. The largest absolute Gasteiger partial charge is 0.502 e. The topological polar surface area (TPSA) is 61.6 Å². The minimum absolute atomic E-state index is 0.222. The van der Waals surface area contributed by atoms with E-state index < -0.39 is 0 Å². The lowest BCUT2D eigenvalue weighted by Gasteiger charge is -2.29. The number of hydrogen-bond donors (Lipinski definition) is 0. The Hall–Kier alpha value is -3.55. The van der Waals surface area contributed by atoms with Crippen LogP contribution in [-0.2, 0) is 11.3 Å². The van der Waals surface area contributed by atoms with Crippen molar-refractivity contribution in [1.82, 2.24) is 15.0 Å². The molecule has 35 heavy (non-hydrogen) atoms. The van der Waals surface area contributed by atoms with Crippen LogP contribution < -0.4 is 14.4 Å². The molecule has 1 atom stereocenters. The summed E-state index contributed by atoms with van der Waals surface area (Å²) in [5, 5.41) is 8.72. The monoisotopic (exact) mass is 480 g/mol. The van der Waals surface area contributed by atoms with Crippen molar-refractivity contribution in [1.29, 1.82) is 0 Å². The van der Waals surface area contributed by atoms with Gasteiger partial charge in [-0.25, -0.2) is 4.39 Å². The molecule has 2 heterocycles. The average molecular weight is 481 g/mol. The zero-order valence-corrected chi connectivity index (χ0v) is 20.7. The van der Waals surface area contributed by atoms with E-state index in [-0.39, 0.29) is 18.3 Å². The summed E-state index contributed by atoms with van der Waals surface area (Å²) in [4.78, 5) is 2.22. The maximum absolute atomic E-state index is 14.8. The van der Waals surface area contributed by atoms with Crippen LogP contribution in [0.3, 0.4) is 0 Å². The third-order valence-corrected chi connectivity index (χ3v) is 6.38. The number of anilines is 1. The van der Waals surface area contributed by atoms with Crippen LogP contribution in [0.5, 0.6) is 11.5 Å². The molecule has 1 aliphatic heterocycles. The van der Waals surface area contributed by atoms with Gasteiger partial charge in [0, 0.05) is 25.6 Å². The zero-order chi connectivity index (χ0) is 24.8. The molecule has 1 aliphatic rings. The molecule has 7 nitrogen and oxygen atoms in total. The van der Waals surface area contributed by atoms with E-state index in [4.69, 9.17) is 14.2 Å². The highest BCUT2D eigenvalue weighted by Crippen LogP contribution is 2.30. The molecule has 0 spiro atoms. The molecule has 4 rings (SSSR count). The van der Waals surface area contributed by atoms with E-state index in [2.05, 4.69) is 34.8 Å². The van der Waals surface area contributed by atoms with Gasteiger partial charge in [-0.05, 0) is 55.0 Å². The molecular formula is C27H33FN4O3. The normalized spacial score (nSPS) is 14.5. The van der Waals surface area contributed by atoms with Crippen molar-refractivity contribution in [2.45, 2.75) is 45.1 Å². The Labute approximate surface area is 206 Å². The highest BCUT2D eigenvalue weighted by molar-refractivity contribution is 5.52. The van der Waals surface area contributed by atoms with Gasteiger partial charge in [-0.3, -0.25) is 0 Å². The van der Waals surface area contributed by atoms with Crippen LogP contribution in [0.25, 0.3) is 5.69 Å². The fourth-order valence-electron chi connectivity index (χ4n) is 4.37. The quantitative estimate of drug-likeness (QED) is 0.350. The first-order chi connectivity index (χ1) is 17.0. The number of aromatic nitrogens is 3. The van der Waals surface area contributed by atoms with E-state index in [0.717, 1.165) is 55.2 Å². The maximum atomic E-state index is 14.8. The predicted molar refractivity (Wildman–Crippen MR) is 134 cm³/mol. The molecule has 0 unspecified atom stereocenters. The van der Waals surface area contributed by atoms with Gasteiger partial charge in [0.1, 0.15) is 35.3 Å². The number of methoxy groups -OCH3 is 2. The van der Waals surface area contributed by atoms with Crippen LogP contribution in [0, 0.1) is 5.82 Å². The lowest BCUT2D eigenvalue weighted by molar-refractivity contribution is 0.273. The van der Waals surface area contributed by atoms with E-state index in [9.17, 15) is 4.39 Å². The van der Waals surface area contributed by atoms with Crippen molar-refractivity contribution < 1.29 is 18.6 Å². The molecular weight excluding hydrogens is 447 g/mol. The third-order valence-electron chi connectivity index (χ3n) is 6.38. The maximum Gasteiger partial charge on any atom is 0.159 e. The van der Waals surface area contributed by atoms with Crippen LogP contribution >= 0.6 is 0 Å². The van der Waals surface area contributed by atoms with Gasteiger partial charge in [0.05, 0.1) is 20.0 Å². The van der Waals surface area contributed by atoms with Crippen molar-refractivity contribution in [3.8, 4) is 17.2 Å². The van der Waals surface area contributed by atoms with E-state index in [1.807, 2.05) is 18.2 Å². The summed E-state index contributed by atoms with van der Waals surface area (Å²) in [5.74, 6) is 2.66. The van der Waals surface area contributed by atoms with Gasteiger partial charge < -0.3 is 19.1 Å². The van der Waals surface area contributed by atoms with Crippen molar-refractivity contribution >= 4 is 5.82 Å². The van der Waals surface area contributed by atoms with Gasteiger partial charge in [0.25, 0.3) is 0 Å². The third kappa shape index (κ3) is 5.75. The minimum Gasteiger partial charge on any atom is -0.502 e. The van der Waals surface area contributed by atoms with E-state index in [1.165, 1.54) is 12.5 Å². The Balaban J connectivity index is 1.60. The standard InChI is InChI=1S/C27H33FN4O3/c1-19(15-20(2)33-3)21-9-8-10-23(16-21)35-18-25-27(31-13-6-5-7-14-31)32(30-29-25)26-17-22(34-4)11-12-24(26)28/h8-12,16-17,19H,2,5-7,13-15,18H2,1,3-4H3/t19-/m1/s1. The van der Waals surface area contributed by atoms with Gasteiger partial charge >= 0.3 is 0 Å². The van der Waals surface area contributed by atoms with Gasteiger partial charge in [0.2, 0.25) is 0 Å². The molecule has 0 bridgehead atoms. The van der Waals surface area contributed by atoms with Crippen LogP contribution in [-0.4, -0.2) is 42.3 Å². The Kier molecular flexibility index (Phi) is 7.90. The van der Waals surface area contributed by atoms with E-state index in [0.29, 0.717) is 17.1 Å². The number of halogens is 1. The molecule has 2 aromatic carbocycles. The van der Waals surface area contributed by atoms with E-state index in [1.54, 1.807) is 31.0 Å². The zero-order valence-electron chi connectivity index (χ0n) is 20.7. The molecule has 1 aromatic heterocycles. The number of rotatable bonds is 10. The Morgan fingerprint density at radius 2 is 1.89 bits per heavy atom. The fraction of sp³-hybridized carbons (Fsp3) is 0.407. The van der Waals surface area contributed by atoms with E-state index >= 15 is 0 Å². The summed E-state index contributed by atoms with van der Waals surface area (Å²) in [6.07, 6.45) is 4.05. The SMILES string of the molecule is C=C(C[C@@H](C)c1cccc(OCc2nnn(-c3cc(OC)ccc3F)c2N2CCCCC2)c1)OC. The number of hydrogen-bond acceptors (Lipinski definition) is 6. The van der Waals surface area contributed by atoms with Gasteiger partial charge in [-0.15, -0.1) is 5.10 Å². The summed E-state index contributed by atoms with van der Waals surface area (Å²) in [6, 6.07) is 12.6. The van der Waals surface area contributed by atoms with Crippen LogP contribution in [0.15, 0.2) is 54.8 Å². The summed E-state index contributed by atoms with van der Waals surface area (Å²) in [7, 11) is 3.20. The molecule has 0 aliphatic carbocycles. The van der Waals surface area contributed by atoms with Gasteiger partial charge in [0.15, 0.2) is 5.82 Å². The second kappa shape index (κ2) is 11.3. The molecule has 0 saturated carbocycles. The Morgan fingerprint density at radius 1 is 1.09 bits per heavy atom. The Bertz CT molecular complexity index is 1160. The van der Waals surface area contributed by atoms with Crippen molar-refractivity contribution in [3.05, 3.63) is 71.9 Å². The van der Waals surface area contributed by atoms with Crippen LogP contribution in [0.2, 0.25) is 0 Å². The average Bonchev–Trinajstić information content (AvgIpc) is 3.32. The molecule has 0 radical (unpaired) electrons. The molecule has 1 fully saturated rings. The molecule has 1 saturated heterocycles. The second-order valence-corrected chi connectivity index (χ2v) is 8.85. The minimum atomic E-state index is -0.388. The summed E-state index contributed by atoms with van der Waals surface area (Å²) in [6.45, 7) is 8.01. The lowest BCUT2D eigenvalue weighted by Crippen LogP contribution is -2.32. The molecule has 0 N–H and O–H groups in total. The van der Waals surface area contributed by atoms with Gasteiger partial charge in [-0.1, -0.05) is 30.8 Å². The van der Waals surface area contributed by atoms with Crippen molar-refractivity contribution in [2.75, 3.05) is 32.2 Å². The highest BCUT2D eigenvalue weighted by Gasteiger charge is 2.24.